The third kappa shape index (κ3) is 2.23. The lowest BCUT2D eigenvalue weighted by Gasteiger charge is -2.16. The monoisotopic (exact) mass is 233 g/mol. The average Bonchev–Trinajstić information content (AvgIpc) is 2.69. The zero-order valence-electron chi connectivity index (χ0n) is 9.44. The van der Waals surface area contributed by atoms with Gasteiger partial charge in [0.05, 0.1) is 12.8 Å². The maximum Gasteiger partial charge on any atom is 0.228 e. The Morgan fingerprint density at radius 3 is 2.88 bits per heavy atom. The molecule has 0 radical (unpaired) electrons. The minimum atomic E-state index is -0.434. The molecule has 0 aromatic heterocycles. The molecule has 1 atom stereocenters. The Labute approximate surface area is 99.2 Å². The van der Waals surface area contributed by atoms with Gasteiger partial charge >= 0.3 is 0 Å². The van der Waals surface area contributed by atoms with Crippen molar-refractivity contribution < 1.29 is 13.9 Å². The molecule has 88 valence electrons. The number of rotatable bonds is 2. The number of ether oxygens (including phenoxy) is 1. The van der Waals surface area contributed by atoms with Crippen LogP contribution in [0.2, 0.25) is 0 Å². The SMILES string of the molecule is C#CC1CC(=O)N(c2cc(F)cc(OC)c2)C1. The third-order valence-electron chi connectivity index (χ3n) is 2.76. The predicted octanol–water partition coefficient (Wildman–Crippen LogP) is 1.82. The van der Waals surface area contributed by atoms with Crippen LogP contribution in [-0.4, -0.2) is 19.6 Å². The molecule has 1 aliphatic heterocycles. The van der Waals surface area contributed by atoms with Gasteiger partial charge in [-0.15, -0.1) is 12.3 Å². The highest BCUT2D eigenvalue weighted by Gasteiger charge is 2.29. The zero-order chi connectivity index (χ0) is 12.4. The Bertz CT molecular complexity index is 493. The summed E-state index contributed by atoms with van der Waals surface area (Å²) < 4.78 is 18.3. The van der Waals surface area contributed by atoms with Gasteiger partial charge in [0.15, 0.2) is 0 Å². The lowest BCUT2D eigenvalue weighted by atomic mass is 10.1. The summed E-state index contributed by atoms with van der Waals surface area (Å²) in [6.07, 6.45) is 5.61. The van der Waals surface area contributed by atoms with E-state index in [-0.39, 0.29) is 11.8 Å². The highest BCUT2D eigenvalue weighted by molar-refractivity contribution is 5.96. The quantitative estimate of drug-likeness (QED) is 0.729. The van der Waals surface area contributed by atoms with Gasteiger partial charge in [-0.2, -0.15) is 0 Å². The van der Waals surface area contributed by atoms with E-state index >= 15 is 0 Å². The van der Waals surface area contributed by atoms with Gasteiger partial charge in [-0.1, -0.05) is 0 Å². The molecular formula is C13H12FNO2. The van der Waals surface area contributed by atoms with Gasteiger partial charge in [-0.05, 0) is 6.07 Å². The molecule has 1 aromatic rings. The number of benzene rings is 1. The fourth-order valence-corrected chi connectivity index (χ4v) is 1.89. The van der Waals surface area contributed by atoms with Crippen molar-refractivity contribution in [3.63, 3.8) is 0 Å². The number of carbonyl (C=O) groups excluding carboxylic acids is 1. The lowest BCUT2D eigenvalue weighted by molar-refractivity contribution is -0.117. The van der Waals surface area contributed by atoms with Crippen molar-refractivity contribution in [1.82, 2.24) is 0 Å². The summed E-state index contributed by atoms with van der Waals surface area (Å²) in [5, 5.41) is 0. The fraction of sp³-hybridized carbons (Fsp3) is 0.308. The van der Waals surface area contributed by atoms with Gasteiger partial charge in [0.25, 0.3) is 0 Å². The van der Waals surface area contributed by atoms with Gasteiger partial charge in [-0.25, -0.2) is 4.39 Å². The number of carbonyl (C=O) groups is 1. The van der Waals surface area contributed by atoms with Crippen molar-refractivity contribution in [1.29, 1.82) is 0 Å². The second-order valence-corrected chi connectivity index (χ2v) is 3.92. The van der Waals surface area contributed by atoms with E-state index in [1.165, 1.54) is 24.1 Å². The molecule has 1 unspecified atom stereocenters. The fourth-order valence-electron chi connectivity index (χ4n) is 1.89. The second kappa shape index (κ2) is 4.46. The molecule has 0 aliphatic carbocycles. The summed E-state index contributed by atoms with van der Waals surface area (Å²) in [6, 6.07) is 4.20. The first-order chi connectivity index (χ1) is 8.13. The first-order valence-corrected chi connectivity index (χ1v) is 5.25. The molecule has 1 amide bonds. The van der Waals surface area contributed by atoms with Crippen molar-refractivity contribution in [3.8, 4) is 18.1 Å². The van der Waals surface area contributed by atoms with Crippen molar-refractivity contribution in [2.75, 3.05) is 18.6 Å². The van der Waals surface area contributed by atoms with Crippen LogP contribution < -0.4 is 9.64 Å². The molecule has 17 heavy (non-hydrogen) atoms. The third-order valence-corrected chi connectivity index (χ3v) is 2.76. The average molecular weight is 233 g/mol. The normalized spacial score (nSPS) is 19.2. The van der Waals surface area contributed by atoms with Crippen LogP contribution >= 0.6 is 0 Å². The predicted molar refractivity (Wildman–Crippen MR) is 62.2 cm³/mol. The van der Waals surface area contributed by atoms with Crippen molar-refractivity contribution >= 4 is 11.6 Å². The van der Waals surface area contributed by atoms with Gasteiger partial charge in [0, 0.05) is 31.0 Å². The number of nitrogens with zero attached hydrogens (tertiary/aromatic N) is 1. The summed E-state index contributed by atoms with van der Waals surface area (Å²) in [5.41, 5.74) is 0.490. The minimum Gasteiger partial charge on any atom is -0.497 e. The van der Waals surface area contributed by atoms with Crippen LogP contribution in [0.1, 0.15) is 6.42 Å². The highest BCUT2D eigenvalue weighted by Crippen LogP contribution is 2.28. The molecule has 1 aliphatic rings. The maximum absolute atomic E-state index is 13.3. The van der Waals surface area contributed by atoms with Crippen LogP contribution in [-0.2, 0) is 4.79 Å². The van der Waals surface area contributed by atoms with E-state index in [9.17, 15) is 9.18 Å². The molecule has 0 saturated carbocycles. The van der Waals surface area contributed by atoms with Crippen LogP contribution in [0.3, 0.4) is 0 Å². The van der Waals surface area contributed by atoms with Gasteiger partial charge in [0.2, 0.25) is 5.91 Å². The summed E-state index contributed by atoms with van der Waals surface area (Å²) in [4.78, 5) is 13.2. The van der Waals surface area contributed by atoms with E-state index in [0.29, 0.717) is 24.4 Å². The molecule has 0 bridgehead atoms. The van der Waals surface area contributed by atoms with E-state index in [2.05, 4.69) is 5.92 Å². The molecule has 1 fully saturated rings. The Kier molecular flexibility index (Phi) is 3.01. The lowest BCUT2D eigenvalue weighted by Crippen LogP contribution is -2.24. The second-order valence-electron chi connectivity index (χ2n) is 3.92. The Morgan fingerprint density at radius 1 is 1.53 bits per heavy atom. The van der Waals surface area contributed by atoms with E-state index < -0.39 is 5.82 Å². The minimum absolute atomic E-state index is 0.0828. The van der Waals surface area contributed by atoms with Gasteiger partial charge in [0.1, 0.15) is 11.6 Å². The molecule has 1 heterocycles. The van der Waals surface area contributed by atoms with Crippen LogP contribution in [0, 0.1) is 24.1 Å². The van der Waals surface area contributed by atoms with Gasteiger partial charge < -0.3 is 9.64 Å². The topological polar surface area (TPSA) is 29.5 Å². The van der Waals surface area contributed by atoms with E-state index in [1.54, 1.807) is 6.07 Å². The van der Waals surface area contributed by atoms with E-state index in [4.69, 9.17) is 11.2 Å². The number of amides is 1. The summed E-state index contributed by atoms with van der Waals surface area (Å²) in [7, 11) is 1.45. The number of halogens is 1. The number of methoxy groups -OCH3 is 1. The van der Waals surface area contributed by atoms with Crippen LogP contribution in [0.5, 0.6) is 5.75 Å². The molecule has 4 heteroatoms. The highest BCUT2D eigenvalue weighted by atomic mass is 19.1. The molecule has 3 nitrogen and oxygen atoms in total. The smallest absolute Gasteiger partial charge is 0.228 e. The summed E-state index contributed by atoms with van der Waals surface area (Å²) in [5.74, 6) is 2.32. The number of terminal acetylenes is 1. The molecule has 0 N–H and O–H groups in total. The Hall–Kier alpha value is -2.02. The van der Waals surface area contributed by atoms with Crippen molar-refractivity contribution in [2.45, 2.75) is 6.42 Å². The first kappa shape index (κ1) is 11.5. The summed E-state index contributed by atoms with van der Waals surface area (Å²) in [6.45, 7) is 0.432. The molecule has 1 aromatic carbocycles. The van der Waals surface area contributed by atoms with E-state index in [0.717, 1.165) is 0 Å². The first-order valence-electron chi connectivity index (χ1n) is 5.25. The van der Waals surface area contributed by atoms with Crippen LogP contribution in [0.15, 0.2) is 18.2 Å². The largest absolute Gasteiger partial charge is 0.497 e. The van der Waals surface area contributed by atoms with Gasteiger partial charge in [-0.3, -0.25) is 4.79 Å². The number of hydrogen-bond acceptors (Lipinski definition) is 2. The number of hydrogen-bond donors (Lipinski definition) is 0. The zero-order valence-corrected chi connectivity index (χ0v) is 9.44. The van der Waals surface area contributed by atoms with Crippen molar-refractivity contribution in [3.05, 3.63) is 24.0 Å². The number of anilines is 1. The van der Waals surface area contributed by atoms with E-state index in [1.807, 2.05) is 0 Å². The van der Waals surface area contributed by atoms with Crippen molar-refractivity contribution in [2.24, 2.45) is 5.92 Å². The molecular weight excluding hydrogens is 221 g/mol. The maximum atomic E-state index is 13.3. The summed E-state index contributed by atoms with van der Waals surface area (Å²) >= 11 is 0. The van der Waals surface area contributed by atoms with Crippen LogP contribution in [0.25, 0.3) is 0 Å². The standard InChI is InChI=1S/C13H12FNO2/c1-3-9-4-13(16)15(8-9)11-5-10(14)6-12(7-11)17-2/h1,5-7,9H,4,8H2,2H3. The molecule has 0 spiro atoms. The Morgan fingerprint density at radius 2 is 2.29 bits per heavy atom. The molecule has 1 saturated heterocycles. The Balaban J connectivity index is 2.32. The van der Waals surface area contributed by atoms with Crippen LogP contribution in [0.4, 0.5) is 10.1 Å². The molecule has 2 rings (SSSR count).